The van der Waals surface area contributed by atoms with Crippen LogP contribution in [0.5, 0.6) is 0 Å². The van der Waals surface area contributed by atoms with E-state index >= 15 is 0 Å². The number of sulfone groups is 1. The summed E-state index contributed by atoms with van der Waals surface area (Å²) in [6.07, 6.45) is 0. The maximum absolute atomic E-state index is 12.8. The standard InChI is InChI=1S/C17H17N3O4S/c18-17(22)19-14-6-3-5-12(10-14)16(21)20-8-9-25(23,24)15-7-2-1-4-13(15)11-20/h1-7,10H,8-9,11H2,(H3,18,19,22). The molecule has 0 atom stereocenters. The van der Waals surface area contributed by atoms with Gasteiger partial charge in [0.15, 0.2) is 9.84 Å². The number of amides is 3. The first-order valence-electron chi connectivity index (χ1n) is 7.63. The Labute approximate surface area is 145 Å². The smallest absolute Gasteiger partial charge is 0.316 e. The summed E-state index contributed by atoms with van der Waals surface area (Å²) in [6.45, 7) is 0.311. The van der Waals surface area contributed by atoms with Gasteiger partial charge in [0.2, 0.25) is 0 Å². The predicted molar refractivity (Wildman–Crippen MR) is 92.9 cm³/mol. The molecule has 130 valence electrons. The van der Waals surface area contributed by atoms with Gasteiger partial charge in [-0.05, 0) is 29.8 Å². The molecule has 3 amide bonds. The molecule has 3 N–H and O–H groups in total. The lowest BCUT2D eigenvalue weighted by molar-refractivity contribution is 0.0754. The molecule has 7 nitrogen and oxygen atoms in total. The van der Waals surface area contributed by atoms with Gasteiger partial charge in [-0.3, -0.25) is 4.79 Å². The third-order valence-electron chi connectivity index (χ3n) is 3.96. The van der Waals surface area contributed by atoms with Crippen LogP contribution >= 0.6 is 0 Å². The number of hydrogen-bond donors (Lipinski definition) is 2. The molecule has 25 heavy (non-hydrogen) atoms. The van der Waals surface area contributed by atoms with Crippen molar-refractivity contribution in [3.63, 3.8) is 0 Å². The molecular formula is C17H17N3O4S. The third kappa shape index (κ3) is 3.63. The molecule has 0 spiro atoms. The number of carbonyl (C=O) groups excluding carboxylic acids is 2. The zero-order valence-corrected chi connectivity index (χ0v) is 14.1. The highest BCUT2D eigenvalue weighted by Crippen LogP contribution is 2.24. The maximum atomic E-state index is 12.8. The van der Waals surface area contributed by atoms with Gasteiger partial charge >= 0.3 is 6.03 Å². The van der Waals surface area contributed by atoms with Gasteiger partial charge in [-0.15, -0.1) is 0 Å². The Balaban J connectivity index is 1.90. The highest BCUT2D eigenvalue weighted by Gasteiger charge is 2.27. The zero-order valence-electron chi connectivity index (χ0n) is 13.3. The maximum Gasteiger partial charge on any atom is 0.316 e. The van der Waals surface area contributed by atoms with Crippen LogP contribution in [0, 0.1) is 0 Å². The summed E-state index contributed by atoms with van der Waals surface area (Å²) in [6, 6.07) is 12.3. The number of hydrogen-bond acceptors (Lipinski definition) is 4. The van der Waals surface area contributed by atoms with Gasteiger partial charge in [-0.25, -0.2) is 13.2 Å². The van der Waals surface area contributed by atoms with Crippen molar-refractivity contribution < 1.29 is 18.0 Å². The monoisotopic (exact) mass is 359 g/mol. The van der Waals surface area contributed by atoms with Gasteiger partial charge in [0, 0.05) is 24.3 Å². The summed E-state index contributed by atoms with van der Waals surface area (Å²) < 4.78 is 24.7. The molecule has 0 bridgehead atoms. The van der Waals surface area contributed by atoms with Crippen LogP contribution < -0.4 is 11.1 Å². The molecule has 1 aliphatic heterocycles. The van der Waals surface area contributed by atoms with Crippen molar-refractivity contribution in [2.24, 2.45) is 5.73 Å². The molecule has 0 radical (unpaired) electrons. The average Bonchev–Trinajstić information content (AvgIpc) is 2.70. The number of nitrogens with two attached hydrogens (primary N) is 1. The molecule has 8 heteroatoms. The van der Waals surface area contributed by atoms with Gasteiger partial charge in [-0.1, -0.05) is 24.3 Å². The summed E-state index contributed by atoms with van der Waals surface area (Å²) in [7, 11) is -3.42. The van der Waals surface area contributed by atoms with Crippen LogP contribution in [-0.2, 0) is 16.4 Å². The lowest BCUT2D eigenvalue weighted by Gasteiger charge is -2.20. The van der Waals surface area contributed by atoms with Crippen molar-refractivity contribution in [3.8, 4) is 0 Å². The van der Waals surface area contributed by atoms with Crippen molar-refractivity contribution in [2.45, 2.75) is 11.4 Å². The van der Waals surface area contributed by atoms with Crippen LogP contribution in [0.1, 0.15) is 15.9 Å². The third-order valence-corrected chi connectivity index (χ3v) is 5.75. The first-order chi connectivity index (χ1) is 11.9. The lowest BCUT2D eigenvalue weighted by atomic mass is 10.1. The molecule has 0 saturated heterocycles. The lowest BCUT2D eigenvalue weighted by Crippen LogP contribution is -2.32. The van der Waals surface area contributed by atoms with Gasteiger partial charge in [-0.2, -0.15) is 0 Å². The number of benzene rings is 2. The molecule has 0 saturated carbocycles. The normalized spacial score (nSPS) is 15.8. The number of anilines is 1. The minimum Gasteiger partial charge on any atom is -0.351 e. The minimum absolute atomic E-state index is 0.101. The largest absolute Gasteiger partial charge is 0.351 e. The summed E-state index contributed by atoms with van der Waals surface area (Å²) in [5, 5.41) is 2.42. The summed E-state index contributed by atoms with van der Waals surface area (Å²) >= 11 is 0. The topological polar surface area (TPSA) is 110 Å². The van der Waals surface area contributed by atoms with Gasteiger partial charge in [0.05, 0.1) is 10.6 Å². The number of rotatable bonds is 2. The number of urea groups is 1. The molecule has 2 aromatic carbocycles. The Morgan fingerprint density at radius 3 is 2.60 bits per heavy atom. The Hall–Kier alpha value is -2.87. The molecule has 0 aromatic heterocycles. The number of primary amides is 1. The van der Waals surface area contributed by atoms with Crippen molar-refractivity contribution in [1.82, 2.24) is 4.90 Å². The molecule has 0 aliphatic carbocycles. The van der Waals surface area contributed by atoms with Crippen molar-refractivity contribution in [1.29, 1.82) is 0 Å². The second-order valence-electron chi connectivity index (χ2n) is 5.72. The Morgan fingerprint density at radius 1 is 1.08 bits per heavy atom. The van der Waals surface area contributed by atoms with Crippen LogP contribution in [0.2, 0.25) is 0 Å². The van der Waals surface area contributed by atoms with E-state index in [-0.39, 0.29) is 29.6 Å². The fraction of sp³-hybridized carbons (Fsp3) is 0.176. The number of nitrogens with one attached hydrogen (secondary N) is 1. The fourth-order valence-corrected chi connectivity index (χ4v) is 4.29. The van der Waals surface area contributed by atoms with E-state index < -0.39 is 15.9 Å². The fourth-order valence-electron chi connectivity index (χ4n) is 2.79. The van der Waals surface area contributed by atoms with Crippen molar-refractivity contribution in [3.05, 3.63) is 59.7 Å². The van der Waals surface area contributed by atoms with E-state index in [1.54, 1.807) is 42.5 Å². The molecule has 2 aromatic rings. The first-order valence-corrected chi connectivity index (χ1v) is 9.28. The van der Waals surface area contributed by atoms with Gasteiger partial charge in [0.25, 0.3) is 5.91 Å². The number of carbonyl (C=O) groups is 2. The SMILES string of the molecule is NC(=O)Nc1cccc(C(=O)N2CCS(=O)(=O)c3ccccc3C2)c1. The zero-order chi connectivity index (χ0) is 18.0. The van der Waals surface area contributed by atoms with Crippen molar-refractivity contribution >= 4 is 27.5 Å². The Kier molecular flexibility index (Phi) is 4.45. The minimum atomic E-state index is -3.42. The second kappa shape index (κ2) is 6.56. The van der Waals surface area contributed by atoms with E-state index in [2.05, 4.69) is 5.32 Å². The molecule has 0 fully saturated rings. The molecule has 1 heterocycles. The first kappa shape index (κ1) is 17.0. The summed E-state index contributed by atoms with van der Waals surface area (Å²) in [5.74, 6) is -0.436. The number of nitrogens with zero attached hydrogens (tertiary/aromatic N) is 1. The van der Waals surface area contributed by atoms with Crippen LogP contribution in [-0.4, -0.2) is 37.6 Å². The molecule has 3 rings (SSSR count). The van der Waals surface area contributed by atoms with Gasteiger partial charge < -0.3 is 16.0 Å². The highest BCUT2D eigenvalue weighted by molar-refractivity contribution is 7.91. The summed E-state index contributed by atoms with van der Waals surface area (Å²) in [5.41, 5.74) is 6.44. The highest BCUT2D eigenvalue weighted by atomic mass is 32.2. The average molecular weight is 359 g/mol. The van der Waals surface area contributed by atoms with E-state index in [1.165, 1.54) is 11.0 Å². The second-order valence-corrected chi connectivity index (χ2v) is 7.80. The van der Waals surface area contributed by atoms with E-state index in [1.807, 2.05) is 0 Å². The number of fused-ring (bicyclic) bond motifs is 1. The van der Waals surface area contributed by atoms with Crippen LogP contribution in [0.3, 0.4) is 0 Å². The van der Waals surface area contributed by atoms with E-state index in [4.69, 9.17) is 5.73 Å². The Bertz CT molecular complexity index is 940. The Morgan fingerprint density at radius 2 is 1.84 bits per heavy atom. The summed E-state index contributed by atoms with van der Waals surface area (Å²) in [4.78, 5) is 25.5. The predicted octanol–water partition coefficient (Wildman–Crippen LogP) is 1.61. The van der Waals surface area contributed by atoms with Crippen molar-refractivity contribution in [2.75, 3.05) is 17.6 Å². The molecule has 1 aliphatic rings. The van der Waals surface area contributed by atoms with E-state index in [0.29, 0.717) is 16.8 Å². The van der Waals surface area contributed by atoms with E-state index in [0.717, 1.165) is 0 Å². The van der Waals surface area contributed by atoms with Crippen LogP contribution in [0.4, 0.5) is 10.5 Å². The quantitative estimate of drug-likeness (QED) is 0.849. The van der Waals surface area contributed by atoms with E-state index in [9.17, 15) is 18.0 Å². The van der Waals surface area contributed by atoms with Crippen LogP contribution in [0.15, 0.2) is 53.4 Å². The van der Waals surface area contributed by atoms with Gasteiger partial charge in [0.1, 0.15) is 0 Å². The molecular weight excluding hydrogens is 342 g/mol. The van der Waals surface area contributed by atoms with Crippen LogP contribution in [0.25, 0.3) is 0 Å². The molecule has 0 unspecified atom stereocenters.